The van der Waals surface area contributed by atoms with E-state index in [0.29, 0.717) is 5.75 Å². The molecule has 0 saturated heterocycles. The average Bonchev–Trinajstić information content (AvgIpc) is 2.00. The van der Waals surface area contributed by atoms with Gasteiger partial charge in [-0.25, -0.2) is 0 Å². The number of nitrogens with two attached hydrogens (primary N) is 1. The van der Waals surface area contributed by atoms with Gasteiger partial charge in [0.05, 0.1) is 6.54 Å². The number of carbonyl (C=O) groups excluding carboxylic acids is 1. The third kappa shape index (κ3) is 6.30. The van der Waals surface area contributed by atoms with Gasteiger partial charge in [0.1, 0.15) is 0 Å². The molecule has 5 heteroatoms. The highest BCUT2D eigenvalue weighted by molar-refractivity contribution is 7.84. The van der Waals surface area contributed by atoms with Crippen LogP contribution in [0.4, 0.5) is 0 Å². The Bertz CT molecular complexity index is 173. The minimum absolute atomic E-state index is 0.0134. The molecule has 0 spiro atoms. The second kappa shape index (κ2) is 6.14. The monoisotopic (exact) mass is 192 g/mol. The lowest BCUT2D eigenvalue weighted by molar-refractivity contribution is -0.120. The van der Waals surface area contributed by atoms with Gasteiger partial charge in [-0.2, -0.15) is 0 Å². The second-order valence-corrected chi connectivity index (χ2v) is 4.29. The zero-order valence-electron chi connectivity index (χ0n) is 7.50. The van der Waals surface area contributed by atoms with Gasteiger partial charge < -0.3 is 11.1 Å². The molecule has 3 N–H and O–H groups in total. The summed E-state index contributed by atoms with van der Waals surface area (Å²) in [5.74, 6) is 0.454. The summed E-state index contributed by atoms with van der Waals surface area (Å²) in [7, 11) is -0.785. The van der Waals surface area contributed by atoms with Crippen LogP contribution in [0.5, 0.6) is 0 Å². The van der Waals surface area contributed by atoms with E-state index in [1.54, 1.807) is 6.26 Å². The quantitative estimate of drug-likeness (QED) is 0.600. The number of hydrogen-bond acceptors (Lipinski definition) is 3. The van der Waals surface area contributed by atoms with Gasteiger partial charge in [-0.15, -0.1) is 0 Å². The third-order valence-electron chi connectivity index (χ3n) is 1.43. The van der Waals surface area contributed by atoms with E-state index in [0.717, 1.165) is 6.42 Å². The minimum atomic E-state index is -0.785. The number of nitrogens with one attached hydrogen (secondary N) is 1. The van der Waals surface area contributed by atoms with Crippen LogP contribution < -0.4 is 11.1 Å². The third-order valence-corrected chi connectivity index (χ3v) is 2.24. The van der Waals surface area contributed by atoms with Crippen molar-refractivity contribution in [1.82, 2.24) is 5.32 Å². The van der Waals surface area contributed by atoms with Gasteiger partial charge in [0, 0.05) is 28.9 Å². The molecule has 0 heterocycles. The predicted octanol–water partition coefficient (Wildman–Crippen LogP) is -0.782. The number of rotatable bonds is 5. The van der Waals surface area contributed by atoms with Gasteiger partial charge in [-0.1, -0.05) is 0 Å². The topological polar surface area (TPSA) is 72.2 Å². The van der Waals surface area contributed by atoms with E-state index in [9.17, 15) is 9.00 Å². The van der Waals surface area contributed by atoms with Crippen LogP contribution in [0.25, 0.3) is 0 Å². The zero-order chi connectivity index (χ0) is 9.56. The fourth-order valence-electron chi connectivity index (χ4n) is 0.749. The Morgan fingerprint density at radius 3 is 2.67 bits per heavy atom. The maximum Gasteiger partial charge on any atom is 0.233 e. The highest BCUT2D eigenvalue weighted by atomic mass is 32.2. The molecule has 4 nitrogen and oxygen atoms in total. The molecule has 72 valence electrons. The van der Waals surface area contributed by atoms with Crippen LogP contribution in [0, 0.1) is 0 Å². The summed E-state index contributed by atoms with van der Waals surface area (Å²) >= 11 is 0. The summed E-state index contributed by atoms with van der Waals surface area (Å²) in [6.07, 6.45) is 2.38. The molecule has 1 amide bonds. The highest BCUT2D eigenvalue weighted by Gasteiger charge is 2.05. The largest absolute Gasteiger partial charge is 0.353 e. The lowest BCUT2D eigenvalue weighted by Crippen LogP contribution is -2.37. The van der Waals surface area contributed by atoms with Crippen LogP contribution in [0.3, 0.4) is 0 Å². The molecule has 0 radical (unpaired) electrons. The van der Waals surface area contributed by atoms with Crippen molar-refractivity contribution in [3.63, 3.8) is 0 Å². The van der Waals surface area contributed by atoms with Crippen molar-refractivity contribution >= 4 is 16.7 Å². The smallest absolute Gasteiger partial charge is 0.233 e. The maximum atomic E-state index is 10.8. The zero-order valence-corrected chi connectivity index (χ0v) is 8.32. The summed E-state index contributed by atoms with van der Waals surface area (Å²) in [5, 5.41) is 2.69. The van der Waals surface area contributed by atoms with Crippen molar-refractivity contribution < 1.29 is 9.00 Å². The molecular weight excluding hydrogens is 176 g/mol. The van der Waals surface area contributed by atoms with Gasteiger partial charge in [-0.05, 0) is 13.3 Å². The Labute approximate surface area is 75.4 Å². The first-order chi connectivity index (χ1) is 5.56. The van der Waals surface area contributed by atoms with Gasteiger partial charge in [0.25, 0.3) is 0 Å². The lowest BCUT2D eigenvalue weighted by atomic mass is 10.2. The van der Waals surface area contributed by atoms with Crippen LogP contribution in [-0.4, -0.2) is 34.7 Å². The van der Waals surface area contributed by atoms with Crippen LogP contribution in [0.15, 0.2) is 0 Å². The van der Waals surface area contributed by atoms with Crippen molar-refractivity contribution in [1.29, 1.82) is 0 Å². The van der Waals surface area contributed by atoms with Crippen molar-refractivity contribution in [3.8, 4) is 0 Å². The van der Waals surface area contributed by atoms with E-state index in [-0.39, 0.29) is 18.5 Å². The molecule has 0 rings (SSSR count). The Morgan fingerprint density at radius 1 is 1.67 bits per heavy atom. The fourth-order valence-corrected chi connectivity index (χ4v) is 1.43. The normalized spacial score (nSPS) is 15.2. The molecule has 0 bridgehead atoms. The van der Waals surface area contributed by atoms with Crippen LogP contribution in [0.1, 0.15) is 13.3 Å². The Kier molecular flexibility index (Phi) is 5.92. The van der Waals surface area contributed by atoms with Crippen LogP contribution in [0.2, 0.25) is 0 Å². The first-order valence-electron chi connectivity index (χ1n) is 3.85. The highest BCUT2D eigenvalue weighted by Crippen LogP contribution is 1.91. The standard InChI is InChI=1S/C7H16N2O2S/c1-6(3-4-12(2)11)9-7(10)5-8/h6H,3-5,8H2,1-2H3,(H,9,10). The summed E-state index contributed by atoms with van der Waals surface area (Å²) in [6, 6.07) is 0.0601. The first kappa shape index (κ1) is 11.6. The minimum Gasteiger partial charge on any atom is -0.353 e. The Hall–Kier alpha value is -0.420. The summed E-state index contributed by atoms with van der Waals surface area (Å²) < 4.78 is 10.7. The van der Waals surface area contributed by atoms with E-state index in [4.69, 9.17) is 5.73 Å². The Morgan fingerprint density at radius 2 is 2.25 bits per heavy atom. The van der Waals surface area contributed by atoms with E-state index in [1.807, 2.05) is 6.92 Å². The van der Waals surface area contributed by atoms with E-state index < -0.39 is 10.8 Å². The second-order valence-electron chi connectivity index (χ2n) is 2.74. The predicted molar refractivity (Wildman–Crippen MR) is 50.2 cm³/mol. The van der Waals surface area contributed by atoms with Gasteiger partial charge in [-0.3, -0.25) is 9.00 Å². The molecule has 2 unspecified atom stereocenters. The lowest BCUT2D eigenvalue weighted by Gasteiger charge is -2.11. The van der Waals surface area contributed by atoms with Crippen molar-refractivity contribution in [3.05, 3.63) is 0 Å². The summed E-state index contributed by atoms with van der Waals surface area (Å²) in [4.78, 5) is 10.8. The molecule has 0 aromatic rings. The van der Waals surface area contributed by atoms with Crippen LogP contribution >= 0.6 is 0 Å². The van der Waals surface area contributed by atoms with Crippen molar-refractivity contribution in [2.75, 3.05) is 18.6 Å². The molecule has 0 aliphatic rings. The van der Waals surface area contributed by atoms with Crippen LogP contribution in [-0.2, 0) is 15.6 Å². The van der Waals surface area contributed by atoms with E-state index in [1.165, 1.54) is 0 Å². The molecular formula is C7H16N2O2S. The molecule has 0 aromatic heterocycles. The molecule has 12 heavy (non-hydrogen) atoms. The van der Waals surface area contributed by atoms with Gasteiger partial charge in [0.2, 0.25) is 5.91 Å². The SMILES string of the molecule is CC(CCS(C)=O)NC(=O)CN. The summed E-state index contributed by atoms with van der Waals surface area (Å²) in [5.41, 5.74) is 5.10. The molecule has 0 aromatic carbocycles. The van der Waals surface area contributed by atoms with Gasteiger partial charge >= 0.3 is 0 Å². The van der Waals surface area contributed by atoms with Crippen molar-refractivity contribution in [2.45, 2.75) is 19.4 Å². The first-order valence-corrected chi connectivity index (χ1v) is 5.58. The molecule has 2 atom stereocenters. The van der Waals surface area contributed by atoms with Crippen molar-refractivity contribution in [2.24, 2.45) is 5.73 Å². The van der Waals surface area contributed by atoms with E-state index >= 15 is 0 Å². The molecule has 0 aliphatic heterocycles. The maximum absolute atomic E-state index is 10.8. The molecule has 0 fully saturated rings. The number of hydrogen-bond donors (Lipinski definition) is 2. The van der Waals surface area contributed by atoms with E-state index in [2.05, 4.69) is 5.32 Å². The number of carbonyl (C=O) groups is 1. The summed E-state index contributed by atoms with van der Waals surface area (Å²) in [6.45, 7) is 1.89. The Balaban J connectivity index is 3.52. The fraction of sp³-hybridized carbons (Fsp3) is 0.857. The van der Waals surface area contributed by atoms with Gasteiger partial charge in [0.15, 0.2) is 0 Å². The molecule has 0 aliphatic carbocycles. The average molecular weight is 192 g/mol. The molecule has 0 saturated carbocycles. The number of amides is 1.